The standard InChI is InChI=1S/C23H30N4O2S/c1-17-6-4-7-18(2)23(17)25-22(29)16-27-12-10-26(11-13-27)15-21(28)24-19-8-5-9-20(14-19)30-3/h4-9,14H,10-13,15-16H2,1-3H3,(H,24,28)(H,25,29)/p+2. The molecule has 1 saturated heterocycles. The lowest BCUT2D eigenvalue weighted by atomic mass is 10.1. The second-order valence-corrected chi connectivity index (χ2v) is 8.83. The molecule has 3 rings (SSSR count). The lowest BCUT2D eigenvalue weighted by Gasteiger charge is -2.29. The summed E-state index contributed by atoms with van der Waals surface area (Å²) in [5, 5.41) is 6.07. The number of hydrogen-bond donors (Lipinski definition) is 4. The van der Waals surface area contributed by atoms with Gasteiger partial charge in [0.15, 0.2) is 13.1 Å². The number of piperazine rings is 1. The van der Waals surface area contributed by atoms with Crippen LogP contribution >= 0.6 is 11.8 Å². The average molecular weight is 429 g/mol. The summed E-state index contributed by atoms with van der Waals surface area (Å²) < 4.78 is 0. The van der Waals surface area contributed by atoms with Crippen molar-refractivity contribution in [2.75, 3.05) is 56.2 Å². The minimum atomic E-state index is 0.0412. The molecule has 0 spiro atoms. The van der Waals surface area contributed by atoms with Gasteiger partial charge in [-0.3, -0.25) is 9.59 Å². The second-order valence-electron chi connectivity index (χ2n) is 7.95. The van der Waals surface area contributed by atoms with Gasteiger partial charge in [-0.05, 0) is 49.4 Å². The Balaban J connectivity index is 1.42. The zero-order chi connectivity index (χ0) is 21.5. The first-order valence-corrected chi connectivity index (χ1v) is 11.6. The molecule has 0 unspecified atom stereocenters. The molecule has 0 aromatic heterocycles. The molecule has 1 aliphatic rings. The molecular weight excluding hydrogens is 396 g/mol. The largest absolute Gasteiger partial charge is 0.321 e. The van der Waals surface area contributed by atoms with E-state index in [0.717, 1.165) is 53.6 Å². The SMILES string of the molecule is CSc1cccc(NC(=O)C[NH+]2CC[NH+](CC(=O)Nc3c(C)cccc3C)CC2)c1. The van der Waals surface area contributed by atoms with E-state index in [1.165, 1.54) is 9.80 Å². The number of aryl methyl sites for hydroxylation is 2. The van der Waals surface area contributed by atoms with Gasteiger partial charge in [-0.1, -0.05) is 24.3 Å². The first-order chi connectivity index (χ1) is 14.4. The Kier molecular flexibility index (Phi) is 7.90. The number of nitrogens with one attached hydrogen (secondary N) is 4. The number of amides is 2. The van der Waals surface area contributed by atoms with Crippen molar-refractivity contribution in [3.8, 4) is 0 Å². The van der Waals surface area contributed by atoms with Crippen molar-refractivity contribution in [1.82, 2.24) is 0 Å². The van der Waals surface area contributed by atoms with Crippen molar-refractivity contribution in [1.29, 1.82) is 0 Å². The Morgan fingerprint density at radius 1 is 0.867 bits per heavy atom. The van der Waals surface area contributed by atoms with Gasteiger partial charge in [-0.25, -0.2) is 0 Å². The molecule has 6 nitrogen and oxygen atoms in total. The molecule has 0 radical (unpaired) electrons. The third-order valence-corrected chi connectivity index (χ3v) is 6.31. The summed E-state index contributed by atoms with van der Waals surface area (Å²) in [6.07, 6.45) is 2.02. The quantitative estimate of drug-likeness (QED) is 0.483. The predicted octanol–water partition coefficient (Wildman–Crippen LogP) is 0.386. The Morgan fingerprint density at radius 3 is 1.97 bits per heavy atom. The van der Waals surface area contributed by atoms with E-state index >= 15 is 0 Å². The van der Waals surface area contributed by atoms with Crippen molar-refractivity contribution in [3.63, 3.8) is 0 Å². The number of benzene rings is 2. The van der Waals surface area contributed by atoms with Crippen LogP contribution in [0.25, 0.3) is 0 Å². The molecule has 4 N–H and O–H groups in total. The number of rotatable bonds is 7. The molecule has 2 aromatic carbocycles. The van der Waals surface area contributed by atoms with Gasteiger partial charge in [0.25, 0.3) is 11.8 Å². The van der Waals surface area contributed by atoms with Crippen LogP contribution in [0.15, 0.2) is 47.4 Å². The van der Waals surface area contributed by atoms with Gasteiger partial charge < -0.3 is 20.4 Å². The summed E-state index contributed by atoms with van der Waals surface area (Å²) >= 11 is 1.66. The maximum absolute atomic E-state index is 12.5. The number of carbonyl (C=O) groups excluding carboxylic acids is 2. The Bertz CT molecular complexity index is 874. The monoisotopic (exact) mass is 428 g/mol. The van der Waals surface area contributed by atoms with Gasteiger partial charge in [-0.15, -0.1) is 11.8 Å². The summed E-state index contributed by atoms with van der Waals surface area (Å²) in [4.78, 5) is 28.6. The van der Waals surface area contributed by atoms with Gasteiger partial charge in [0.05, 0.1) is 0 Å². The highest BCUT2D eigenvalue weighted by Crippen LogP contribution is 2.19. The van der Waals surface area contributed by atoms with Gasteiger partial charge in [0.2, 0.25) is 0 Å². The molecule has 160 valence electrons. The second kappa shape index (κ2) is 10.6. The molecule has 0 atom stereocenters. The minimum absolute atomic E-state index is 0.0412. The smallest absolute Gasteiger partial charge is 0.279 e. The van der Waals surface area contributed by atoms with Crippen LogP contribution in [-0.4, -0.2) is 57.3 Å². The summed E-state index contributed by atoms with van der Waals surface area (Å²) in [7, 11) is 0. The summed E-state index contributed by atoms with van der Waals surface area (Å²) in [5.41, 5.74) is 3.94. The van der Waals surface area contributed by atoms with Gasteiger partial charge in [0.1, 0.15) is 26.2 Å². The molecule has 1 fully saturated rings. The number of para-hydroxylation sites is 1. The van der Waals surface area contributed by atoms with Crippen molar-refractivity contribution < 1.29 is 19.4 Å². The lowest BCUT2D eigenvalue weighted by Crippen LogP contribution is -3.28. The summed E-state index contributed by atoms with van der Waals surface area (Å²) in [6, 6.07) is 13.9. The normalized spacial score (nSPS) is 18.6. The third-order valence-electron chi connectivity index (χ3n) is 5.58. The zero-order valence-corrected chi connectivity index (χ0v) is 18.8. The van der Waals surface area contributed by atoms with Crippen LogP contribution in [0, 0.1) is 13.8 Å². The molecule has 0 bridgehead atoms. The van der Waals surface area contributed by atoms with Crippen LogP contribution in [0.1, 0.15) is 11.1 Å². The maximum Gasteiger partial charge on any atom is 0.279 e. The van der Waals surface area contributed by atoms with E-state index in [9.17, 15) is 9.59 Å². The highest BCUT2D eigenvalue weighted by atomic mass is 32.2. The topological polar surface area (TPSA) is 67.1 Å². The number of hydrogen-bond acceptors (Lipinski definition) is 3. The van der Waals surface area contributed by atoms with Gasteiger partial charge in [0, 0.05) is 16.3 Å². The highest BCUT2D eigenvalue weighted by molar-refractivity contribution is 7.98. The molecule has 2 amide bonds. The Labute approximate surface area is 183 Å². The van der Waals surface area contributed by atoms with E-state index in [-0.39, 0.29) is 11.8 Å². The van der Waals surface area contributed by atoms with Gasteiger partial charge in [-0.2, -0.15) is 0 Å². The van der Waals surface area contributed by atoms with Crippen LogP contribution in [0.4, 0.5) is 11.4 Å². The Morgan fingerprint density at radius 2 is 1.40 bits per heavy atom. The fraction of sp³-hybridized carbons (Fsp3) is 0.391. The van der Waals surface area contributed by atoms with Crippen molar-refractivity contribution in [2.24, 2.45) is 0 Å². The van der Waals surface area contributed by atoms with Crippen LogP contribution in [0.5, 0.6) is 0 Å². The number of thioether (sulfide) groups is 1. The molecule has 30 heavy (non-hydrogen) atoms. The molecule has 1 heterocycles. The molecular formula is C23H32N4O2S+2. The molecule has 1 aliphatic heterocycles. The van der Waals surface area contributed by atoms with E-state index in [2.05, 4.69) is 10.6 Å². The fourth-order valence-corrected chi connectivity index (χ4v) is 4.33. The predicted molar refractivity (Wildman–Crippen MR) is 123 cm³/mol. The van der Waals surface area contributed by atoms with E-state index < -0.39 is 0 Å². The number of anilines is 2. The molecule has 0 saturated carbocycles. The first-order valence-electron chi connectivity index (χ1n) is 10.4. The number of carbonyl (C=O) groups is 2. The first kappa shape index (κ1) is 22.3. The lowest BCUT2D eigenvalue weighted by molar-refractivity contribution is -1.00. The maximum atomic E-state index is 12.5. The Hall–Kier alpha value is -2.35. The summed E-state index contributed by atoms with van der Waals surface area (Å²) in [6.45, 7) is 8.53. The average Bonchev–Trinajstić information content (AvgIpc) is 2.72. The minimum Gasteiger partial charge on any atom is -0.321 e. The molecule has 0 aliphatic carbocycles. The van der Waals surface area contributed by atoms with Crippen LogP contribution in [0.2, 0.25) is 0 Å². The highest BCUT2D eigenvalue weighted by Gasteiger charge is 2.26. The zero-order valence-electron chi connectivity index (χ0n) is 18.0. The van der Waals surface area contributed by atoms with E-state index in [1.54, 1.807) is 11.8 Å². The summed E-state index contributed by atoms with van der Waals surface area (Å²) in [5.74, 6) is 0.0942. The van der Waals surface area contributed by atoms with Crippen molar-refractivity contribution >= 4 is 35.0 Å². The molecule has 7 heteroatoms. The van der Waals surface area contributed by atoms with Gasteiger partial charge >= 0.3 is 0 Å². The van der Waals surface area contributed by atoms with E-state index in [4.69, 9.17) is 0 Å². The third kappa shape index (κ3) is 6.32. The van der Waals surface area contributed by atoms with Crippen LogP contribution < -0.4 is 20.4 Å². The van der Waals surface area contributed by atoms with Crippen LogP contribution in [-0.2, 0) is 9.59 Å². The fourth-order valence-electron chi connectivity index (χ4n) is 3.87. The van der Waals surface area contributed by atoms with Crippen molar-refractivity contribution in [3.05, 3.63) is 53.6 Å². The molecule has 2 aromatic rings. The van der Waals surface area contributed by atoms with Crippen LogP contribution in [0.3, 0.4) is 0 Å². The van der Waals surface area contributed by atoms with E-state index in [0.29, 0.717) is 13.1 Å². The van der Waals surface area contributed by atoms with E-state index in [1.807, 2.05) is 62.6 Å². The number of quaternary nitrogens is 2. The van der Waals surface area contributed by atoms with Crippen molar-refractivity contribution in [2.45, 2.75) is 18.7 Å².